The zero-order valence-corrected chi connectivity index (χ0v) is 10.3. The summed E-state index contributed by atoms with van der Waals surface area (Å²) >= 11 is 5.96. The smallest absolute Gasteiger partial charge is 0.259 e. The summed E-state index contributed by atoms with van der Waals surface area (Å²) in [6.45, 7) is 0. The second-order valence-electron chi connectivity index (χ2n) is 2.91. The molecule has 0 radical (unpaired) electrons. The van der Waals surface area contributed by atoms with Crippen LogP contribution in [0.4, 0.5) is 5.13 Å². The molecule has 0 saturated heterocycles. The van der Waals surface area contributed by atoms with Gasteiger partial charge in [0.05, 0.1) is 6.26 Å². The molecular weight excluding hydrogens is 274 g/mol. The Balaban J connectivity index is 2.17. The maximum atomic E-state index is 11.7. The summed E-state index contributed by atoms with van der Waals surface area (Å²) in [5.41, 5.74) is 2.14. The van der Waals surface area contributed by atoms with E-state index in [2.05, 4.69) is 20.7 Å². The number of nitrogens with zero attached hydrogens (tertiary/aromatic N) is 3. The Hall–Kier alpha value is -2.31. The lowest BCUT2D eigenvalue weighted by Crippen LogP contribution is -2.13. The molecule has 2 aromatic heterocycles. The van der Waals surface area contributed by atoms with Crippen LogP contribution >= 0.6 is 23.6 Å². The number of nitriles is 1. The molecule has 0 fully saturated rings. The summed E-state index contributed by atoms with van der Waals surface area (Å²) in [7, 11) is 0. The molecule has 0 aliphatic carbocycles. The normalized spacial score (nSPS) is 10.9. The van der Waals surface area contributed by atoms with Gasteiger partial charge < -0.3 is 4.42 Å². The van der Waals surface area contributed by atoms with E-state index in [1.54, 1.807) is 12.1 Å². The van der Waals surface area contributed by atoms with Gasteiger partial charge >= 0.3 is 0 Å². The van der Waals surface area contributed by atoms with Crippen molar-refractivity contribution in [2.45, 2.75) is 0 Å². The molecule has 90 valence electrons. The standard InChI is InChI=1S/C9H5N5O2S2/c10-4-5(7(15)6-2-1-3-16-6)11-12-8-13-14-9(17)18-8/h1-3H,(H,12,13)(H,14,17)/b11-5+. The first-order chi connectivity index (χ1) is 8.70. The first-order valence-corrected chi connectivity index (χ1v) is 5.80. The summed E-state index contributed by atoms with van der Waals surface area (Å²) in [6, 6.07) is 4.69. The average molecular weight is 279 g/mol. The monoisotopic (exact) mass is 279 g/mol. The maximum absolute atomic E-state index is 11.7. The molecule has 0 saturated carbocycles. The van der Waals surface area contributed by atoms with E-state index in [-0.39, 0.29) is 11.5 Å². The van der Waals surface area contributed by atoms with E-state index in [1.807, 2.05) is 0 Å². The Morgan fingerprint density at radius 2 is 2.56 bits per heavy atom. The van der Waals surface area contributed by atoms with Crippen molar-refractivity contribution >= 4 is 40.2 Å². The zero-order chi connectivity index (χ0) is 13.0. The molecule has 0 unspecified atom stereocenters. The number of rotatable bonds is 4. The van der Waals surface area contributed by atoms with Gasteiger partial charge in [0.2, 0.25) is 10.8 Å². The van der Waals surface area contributed by atoms with Crippen LogP contribution in [0.3, 0.4) is 0 Å². The van der Waals surface area contributed by atoms with Crippen molar-refractivity contribution < 1.29 is 9.21 Å². The van der Waals surface area contributed by atoms with Crippen molar-refractivity contribution in [3.63, 3.8) is 0 Å². The van der Waals surface area contributed by atoms with Gasteiger partial charge in [-0.1, -0.05) is 11.3 Å². The SMILES string of the molecule is N#C/C(=N\Nc1n[nH]c(=S)s1)C(=O)c1ccco1. The van der Waals surface area contributed by atoms with Gasteiger partial charge in [-0.2, -0.15) is 10.4 Å². The van der Waals surface area contributed by atoms with Gasteiger partial charge in [-0.05, 0) is 24.4 Å². The van der Waals surface area contributed by atoms with Gasteiger partial charge in [0, 0.05) is 0 Å². The van der Waals surface area contributed by atoms with Crippen molar-refractivity contribution in [2.75, 3.05) is 5.43 Å². The van der Waals surface area contributed by atoms with Gasteiger partial charge in [-0.3, -0.25) is 9.89 Å². The third kappa shape index (κ3) is 2.68. The van der Waals surface area contributed by atoms with Crippen LogP contribution in [0.15, 0.2) is 27.9 Å². The van der Waals surface area contributed by atoms with E-state index < -0.39 is 5.78 Å². The molecule has 2 N–H and O–H groups in total. The van der Waals surface area contributed by atoms with Crippen LogP contribution < -0.4 is 5.43 Å². The second-order valence-corrected chi connectivity index (χ2v) is 4.57. The lowest BCUT2D eigenvalue weighted by atomic mass is 10.2. The number of ketones is 1. The number of carbonyl (C=O) groups excluding carboxylic acids is 1. The number of Topliss-reactive ketones (excluding diaryl/α,β-unsaturated/α-hetero) is 1. The van der Waals surface area contributed by atoms with Crippen molar-refractivity contribution in [3.8, 4) is 6.07 Å². The summed E-state index contributed by atoms with van der Waals surface area (Å²) in [4.78, 5) is 11.7. The Kier molecular flexibility index (Phi) is 3.61. The zero-order valence-electron chi connectivity index (χ0n) is 8.71. The predicted molar refractivity (Wildman–Crippen MR) is 67.0 cm³/mol. The quantitative estimate of drug-likeness (QED) is 0.383. The van der Waals surface area contributed by atoms with Gasteiger partial charge in [-0.15, -0.1) is 5.10 Å². The molecule has 7 nitrogen and oxygen atoms in total. The van der Waals surface area contributed by atoms with Crippen molar-refractivity contribution in [3.05, 3.63) is 28.1 Å². The van der Waals surface area contributed by atoms with Crippen molar-refractivity contribution in [2.24, 2.45) is 5.10 Å². The van der Waals surface area contributed by atoms with E-state index in [0.29, 0.717) is 9.09 Å². The first kappa shape index (κ1) is 12.2. The minimum Gasteiger partial charge on any atom is -0.461 e. The predicted octanol–water partition coefficient (Wildman–Crippen LogP) is 1.97. The highest BCUT2D eigenvalue weighted by Gasteiger charge is 2.16. The van der Waals surface area contributed by atoms with Crippen molar-refractivity contribution in [1.82, 2.24) is 10.2 Å². The Morgan fingerprint density at radius 3 is 3.11 bits per heavy atom. The molecule has 18 heavy (non-hydrogen) atoms. The molecular formula is C9H5N5O2S2. The number of carbonyl (C=O) groups is 1. The number of hydrogen-bond donors (Lipinski definition) is 2. The second kappa shape index (κ2) is 5.35. The fourth-order valence-electron chi connectivity index (χ4n) is 1.03. The molecule has 0 amide bonds. The molecule has 2 aromatic rings. The molecule has 0 aliphatic rings. The van der Waals surface area contributed by atoms with E-state index in [4.69, 9.17) is 21.9 Å². The van der Waals surface area contributed by atoms with Crippen LogP contribution in [0, 0.1) is 15.3 Å². The number of hydrogen-bond acceptors (Lipinski definition) is 8. The number of hydrazone groups is 1. The van der Waals surface area contributed by atoms with Gasteiger partial charge in [0.1, 0.15) is 6.07 Å². The fourth-order valence-corrected chi connectivity index (χ4v) is 1.76. The van der Waals surface area contributed by atoms with Crippen LogP contribution in [-0.2, 0) is 0 Å². The molecule has 0 bridgehead atoms. The van der Waals surface area contributed by atoms with Crippen molar-refractivity contribution in [1.29, 1.82) is 5.26 Å². The lowest BCUT2D eigenvalue weighted by molar-refractivity contribution is 0.104. The van der Waals surface area contributed by atoms with E-state index in [1.165, 1.54) is 12.3 Å². The minimum absolute atomic E-state index is 0.0479. The van der Waals surface area contributed by atoms with Gasteiger partial charge in [0.15, 0.2) is 9.71 Å². The fraction of sp³-hybridized carbons (Fsp3) is 0. The lowest BCUT2D eigenvalue weighted by Gasteiger charge is -1.95. The Labute approximate surface area is 110 Å². The van der Waals surface area contributed by atoms with Gasteiger partial charge in [0.25, 0.3) is 5.78 Å². The summed E-state index contributed by atoms with van der Waals surface area (Å²) < 4.78 is 5.35. The highest BCUT2D eigenvalue weighted by atomic mass is 32.1. The number of anilines is 1. The molecule has 0 aromatic carbocycles. The van der Waals surface area contributed by atoms with E-state index in [9.17, 15) is 4.79 Å². The topological polar surface area (TPSA) is 107 Å². The number of aromatic nitrogens is 2. The number of H-pyrrole nitrogens is 1. The first-order valence-electron chi connectivity index (χ1n) is 4.58. The molecule has 0 atom stereocenters. The van der Waals surface area contributed by atoms with Crippen LogP contribution in [0.2, 0.25) is 0 Å². The Bertz CT molecular complexity index is 676. The molecule has 9 heteroatoms. The number of aromatic amines is 1. The molecule has 2 rings (SSSR count). The molecule has 0 spiro atoms. The highest BCUT2D eigenvalue weighted by Crippen LogP contribution is 2.11. The highest BCUT2D eigenvalue weighted by molar-refractivity contribution is 7.73. The summed E-state index contributed by atoms with van der Waals surface area (Å²) in [5.74, 6) is -0.555. The van der Waals surface area contributed by atoms with Crippen LogP contribution in [0.1, 0.15) is 10.6 Å². The average Bonchev–Trinajstić information content (AvgIpc) is 3.01. The third-order valence-electron chi connectivity index (χ3n) is 1.77. The largest absolute Gasteiger partial charge is 0.461 e. The van der Waals surface area contributed by atoms with E-state index >= 15 is 0 Å². The number of nitrogens with one attached hydrogen (secondary N) is 2. The number of furan rings is 1. The van der Waals surface area contributed by atoms with Crippen LogP contribution in [0.25, 0.3) is 0 Å². The van der Waals surface area contributed by atoms with Gasteiger partial charge in [-0.25, -0.2) is 5.43 Å². The summed E-state index contributed by atoms with van der Waals surface area (Å²) in [6.07, 6.45) is 1.34. The summed E-state index contributed by atoms with van der Waals surface area (Å²) in [5, 5.41) is 19.2. The molecule has 0 aliphatic heterocycles. The van der Waals surface area contributed by atoms with Crippen LogP contribution in [0.5, 0.6) is 0 Å². The third-order valence-corrected chi connectivity index (χ3v) is 2.76. The van der Waals surface area contributed by atoms with E-state index in [0.717, 1.165) is 11.3 Å². The molecule has 2 heterocycles. The Morgan fingerprint density at radius 1 is 1.72 bits per heavy atom. The maximum Gasteiger partial charge on any atom is 0.259 e. The van der Waals surface area contributed by atoms with Crippen LogP contribution in [-0.4, -0.2) is 21.7 Å². The minimum atomic E-state index is -0.603.